The number of carbonyl (C=O) groups is 1. The van der Waals surface area contributed by atoms with Gasteiger partial charge in [0.25, 0.3) is 0 Å². The van der Waals surface area contributed by atoms with Crippen molar-refractivity contribution in [3.05, 3.63) is 30.1 Å². The molecule has 72 valence electrons. The topological polar surface area (TPSA) is 47.0 Å². The van der Waals surface area contributed by atoms with E-state index in [0.717, 1.165) is 0 Å². The lowest BCUT2D eigenvalue weighted by atomic mass is 10.2. The van der Waals surface area contributed by atoms with Crippen LogP contribution in [0.5, 0.6) is 0 Å². The number of rotatable bonds is 3. The Hall–Kier alpha value is -0.930. The van der Waals surface area contributed by atoms with E-state index in [1.165, 1.54) is 0 Å². The standard InChI is InChI=1S/C9H13N2O.ClH/c1-11-7-3-2-4-8(11)9(12)5-6-10;/h2-4,7H,5-6,10H2,1H3;1H/q+1;/p-1. The third-order valence-electron chi connectivity index (χ3n) is 1.71. The van der Waals surface area contributed by atoms with Gasteiger partial charge in [-0.25, -0.2) is 0 Å². The van der Waals surface area contributed by atoms with Gasteiger partial charge in [0.2, 0.25) is 11.5 Å². The smallest absolute Gasteiger partial charge is 0.248 e. The van der Waals surface area contributed by atoms with Crippen molar-refractivity contribution in [1.29, 1.82) is 0 Å². The van der Waals surface area contributed by atoms with E-state index in [0.29, 0.717) is 18.7 Å². The molecule has 0 aliphatic rings. The molecule has 0 bridgehead atoms. The van der Waals surface area contributed by atoms with E-state index < -0.39 is 0 Å². The van der Waals surface area contributed by atoms with Gasteiger partial charge < -0.3 is 18.1 Å². The van der Waals surface area contributed by atoms with Crippen LogP contribution >= 0.6 is 0 Å². The van der Waals surface area contributed by atoms with Crippen LogP contribution in [-0.4, -0.2) is 12.3 Å². The number of halogens is 1. The Balaban J connectivity index is 0.00000144. The molecule has 3 nitrogen and oxygen atoms in total. The van der Waals surface area contributed by atoms with E-state index in [4.69, 9.17) is 5.73 Å². The highest BCUT2D eigenvalue weighted by Gasteiger charge is 2.13. The van der Waals surface area contributed by atoms with Crippen molar-refractivity contribution in [2.24, 2.45) is 12.8 Å². The summed E-state index contributed by atoms with van der Waals surface area (Å²) in [4.78, 5) is 11.4. The summed E-state index contributed by atoms with van der Waals surface area (Å²) < 4.78 is 1.80. The van der Waals surface area contributed by atoms with E-state index in [-0.39, 0.29) is 18.2 Å². The number of pyridine rings is 1. The summed E-state index contributed by atoms with van der Waals surface area (Å²) in [6, 6.07) is 5.54. The maximum Gasteiger partial charge on any atom is 0.248 e. The molecule has 13 heavy (non-hydrogen) atoms. The Labute approximate surface area is 84.0 Å². The Kier molecular flexibility index (Phi) is 5.26. The van der Waals surface area contributed by atoms with Gasteiger partial charge in [-0.3, -0.25) is 4.79 Å². The van der Waals surface area contributed by atoms with Gasteiger partial charge in [-0.1, -0.05) is 0 Å². The van der Waals surface area contributed by atoms with E-state index >= 15 is 0 Å². The molecule has 0 spiro atoms. The van der Waals surface area contributed by atoms with E-state index in [2.05, 4.69) is 0 Å². The second-order valence-electron chi connectivity index (χ2n) is 2.66. The van der Waals surface area contributed by atoms with E-state index in [9.17, 15) is 4.79 Å². The van der Waals surface area contributed by atoms with Crippen LogP contribution in [0.4, 0.5) is 0 Å². The third-order valence-corrected chi connectivity index (χ3v) is 1.71. The monoisotopic (exact) mass is 200 g/mol. The minimum atomic E-state index is 0. The number of hydrogen-bond donors (Lipinski definition) is 1. The quantitative estimate of drug-likeness (QED) is 0.419. The molecule has 1 rings (SSSR count). The van der Waals surface area contributed by atoms with Crippen LogP contribution in [0.15, 0.2) is 24.4 Å². The first kappa shape index (κ1) is 12.1. The predicted molar refractivity (Wildman–Crippen MR) is 45.6 cm³/mol. The van der Waals surface area contributed by atoms with Gasteiger partial charge in [0.05, 0.1) is 0 Å². The molecule has 0 unspecified atom stereocenters. The first-order chi connectivity index (χ1) is 5.75. The number of hydrogen-bond acceptors (Lipinski definition) is 2. The zero-order valence-electron chi connectivity index (χ0n) is 7.53. The summed E-state index contributed by atoms with van der Waals surface area (Å²) in [6.07, 6.45) is 2.27. The number of nitrogens with two attached hydrogens (primary N) is 1. The Bertz CT molecular complexity index is 289. The predicted octanol–water partition coefficient (Wildman–Crippen LogP) is -2.95. The maximum atomic E-state index is 11.4. The second-order valence-corrected chi connectivity index (χ2v) is 2.66. The summed E-state index contributed by atoms with van der Waals surface area (Å²) in [5.41, 5.74) is 6.00. The zero-order chi connectivity index (χ0) is 8.97. The lowest BCUT2D eigenvalue weighted by molar-refractivity contribution is -0.673. The zero-order valence-corrected chi connectivity index (χ0v) is 8.29. The van der Waals surface area contributed by atoms with Crippen LogP contribution in [-0.2, 0) is 7.05 Å². The molecule has 0 saturated heterocycles. The molecule has 0 amide bonds. The van der Waals surface area contributed by atoms with Crippen molar-refractivity contribution in [3.63, 3.8) is 0 Å². The molecule has 0 fully saturated rings. The normalized spacial score (nSPS) is 9.08. The molecule has 2 N–H and O–H groups in total. The molecule has 1 aromatic heterocycles. The molecular formula is C9H13ClN2O. The van der Waals surface area contributed by atoms with Crippen LogP contribution in [0.1, 0.15) is 16.9 Å². The molecule has 0 saturated carbocycles. The fourth-order valence-electron chi connectivity index (χ4n) is 1.07. The van der Waals surface area contributed by atoms with Gasteiger partial charge in [-0.05, 0) is 12.6 Å². The molecule has 1 aromatic rings. The number of aryl methyl sites for hydroxylation is 1. The molecule has 4 heteroatoms. The van der Waals surface area contributed by atoms with Crippen molar-refractivity contribution in [1.82, 2.24) is 0 Å². The molecule has 0 atom stereocenters. The van der Waals surface area contributed by atoms with Crippen LogP contribution in [0.25, 0.3) is 0 Å². The average Bonchev–Trinajstić information content (AvgIpc) is 2.05. The van der Waals surface area contributed by atoms with Gasteiger partial charge in [0.1, 0.15) is 7.05 Å². The lowest BCUT2D eigenvalue weighted by Crippen LogP contribution is -3.00. The highest BCUT2D eigenvalue weighted by Crippen LogP contribution is 1.95. The van der Waals surface area contributed by atoms with Crippen LogP contribution in [0.3, 0.4) is 0 Å². The maximum absolute atomic E-state index is 11.4. The van der Waals surface area contributed by atoms with Gasteiger partial charge in [0, 0.05) is 18.6 Å². The van der Waals surface area contributed by atoms with Gasteiger partial charge in [-0.2, -0.15) is 4.57 Å². The largest absolute Gasteiger partial charge is 1.00 e. The van der Waals surface area contributed by atoms with Gasteiger partial charge in [0.15, 0.2) is 6.20 Å². The van der Waals surface area contributed by atoms with Crippen LogP contribution < -0.4 is 22.7 Å². The molecule has 1 heterocycles. The SMILES string of the molecule is C[n+]1ccccc1C(=O)CCN.[Cl-]. The Morgan fingerprint density at radius 2 is 2.23 bits per heavy atom. The molecule has 0 aliphatic carbocycles. The Morgan fingerprint density at radius 3 is 2.77 bits per heavy atom. The first-order valence-corrected chi connectivity index (χ1v) is 3.93. The summed E-state index contributed by atoms with van der Waals surface area (Å²) in [5, 5.41) is 0. The van der Waals surface area contributed by atoms with Crippen molar-refractivity contribution in [2.75, 3.05) is 6.54 Å². The number of nitrogens with zero attached hydrogens (tertiary/aromatic N) is 1. The molecular weight excluding hydrogens is 188 g/mol. The minimum Gasteiger partial charge on any atom is -1.00 e. The summed E-state index contributed by atoms with van der Waals surface area (Å²) >= 11 is 0. The number of Topliss-reactive ketones (excluding diaryl/α,β-unsaturated/α-hetero) is 1. The van der Waals surface area contributed by atoms with Crippen molar-refractivity contribution >= 4 is 5.78 Å². The van der Waals surface area contributed by atoms with Gasteiger partial charge >= 0.3 is 0 Å². The van der Waals surface area contributed by atoms with Crippen LogP contribution in [0.2, 0.25) is 0 Å². The van der Waals surface area contributed by atoms with E-state index in [1.807, 2.05) is 25.4 Å². The fourth-order valence-corrected chi connectivity index (χ4v) is 1.07. The summed E-state index contributed by atoms with van der Waals surface area (Å²) in [5.74, 6) is 0.0978. The minimum absolute atomic E-state index is 0. The van der Waals surface area contributed by atoms with Gasteiger partial charge in [-0.15, -0.1) is 0 Å². The summed E-state index contributed by atoms with van der Waals surface area (Å²) in [7, 11) is 1.85. The summed E-state index contributed by atoms with van der Waals surface area (Å²) in [6.45, 7) is 0.410. The second kappa shape index (κ2) is 5.67. The fraction of sp³-hybridized carbons (Fsp3) is 0.333. The highest BCUT2D eigenvalue weighted by molar-refractivity contribution is 5.92. The number of aromatic nitrogens is 1. The van der Waals surface area contributed by atoms with Crippen molar-refractivity contribution in [3.8, 4) is 0 Å². The average molecular weight is 201 g/mol. The van der Waals surface area contributed by atoms with Crippen molar-refractivity contribution < 1.29 is 21.8 Å². The van der Waals surface area contributed by atoms with Crippen LogP contribution in [0, 0.1) is 0 Å². The van der Waals surface area contributed by atoms with E-state index in [1.54, 1.807) is 10.6 Å². The number of ketones is 1. The molecule has 0 aromatic carbocycles. The third kappa shape index (κ3) is 3.13. The number of carbonyl (C=O) groups excluding carboxylic acids is 1. The van der Waals surface area contributed by atoms with Crippen molar-refractivity contribution in [2.45, 2.75) is 6.42 Å². The highest BCUT2D eigenvalue weighted by atomic mass is 35.5. The molecule has 0 aliphatic heterocycles. The lowest BCUT2D eigenvalue weighted by Gasteiger charge is -1.95. The first-order valence-electron chi connectivity index (χ1n) is 3.93. The molecule has 0 radical (unpaired) electrons. The Morgan fingerprint density at radius 1 is 1.54 bits per heavy atom.